The largest absolute Gasteiger partial charge is 0.468 e. The van der Waals surface area contributed by atoms with E-state index in [9.17, 15) is 32.9 Å². The van der Waals surface area contributed by atoms with E-state index in [1.54, 1.807) is 62.3 Å². The van der Waals surface area contributed by atoms with Crippen molar-refractivity contribution in [3.8, 4) is 5.69 Å². The first-order valence-electron chi connectivity index (χ1n) is 39.1. The average Bonchev–Trinajstić information content (AvgIpc) is 1.63. The second-order valence-electron chi connectivity index (χ2n) is 21.8. The molecule has 0 amide bonds. The van der Waals surface area contributed by atoms with E-state index >= 15 is 0 Å². The maximum atomic E-state index is 11.3. The van der Waals surface area contributed by atoms with Crippen LogP contribution in [-0.4, -0.2) is 11.3 Å². The van der Waals surface area contributed by atoms with Crippen LogP contribution in [0.2, 0.25) is 0 Å². The van der Waals surface area contributed by atoms with E-state index in [1.165, 1.54) is 9.47 Å². The lowest BCUT2D eigenvalue weighted by Gasteiger charge is -2.45. The van der Waals surface area contributed by atoms with Gasteiger partial charge in [0.2, 0.25) is 0 Å². The van der Waals surface area contributed by atoms with Gasteiger partial charge in [-0.15, -0.1) is 11.3 Å². The van der Waals surface area contributed by atoms with Crippen LogP contribution in [0.5, 0.6) is 0 Å². The molecular formula is C68H57BN4OS. The Hall–Kier alpha value is -8.00. The molecule has 0 fully saturated rings. The van der Waals surface area contributed by atoms with Gasteiger partial charge in [0.05, 0.1) is 86.3 Å². The highest BCUT2D eigenvalue weighted by Gasteiger charge is 2.49. The summed E-state index contributed by atoms with van der Waals surface area (Å²) in [4.78, 5) is 2.71. The van der Waals surface area contributed by atoms with Gasteiger partial charge in [-0.25, -0.2) is 0 Å². The fourth-order valence-electron chi connectivity index (χ4n) is 10.4. The third-order valence-electron chi connectivity index (χ3n) is 13.9. The molecule has 0 N–H and O–H groups in total. The van der Waals surface area contributed by atoms with Gasteiger partial charge in [-0.2, -0.15) is 0 Å². The van der Waals surface area contributed by atoms with E-state index in [2.05, 4.69) is 0 Å². The lowest BCUT2D eigenvalue weighted by molar-refractivity contribution is 0.590. The molecule has 15 rings (SSSR count). The second kappa shape index (κ2) is 15.3. The zero-order valence-electron chi connectivity index (χ0n) is 71.7. The van der Waals surface area contributed by atoms with Gasteiger partial charge in [0.15, 0.2) is 0 Å². The summed E-state index contributed by atoms with van der Waals surface area (Å²) in [5, 5.41) is -1.25. The number of fused-ring (bicyclic) bond motifs is 14. The van der Waals surface area contributed by atoms with Gasteiger partial charge in [0.25, 0.3) is 6.71 Å². The summed E-state index contributed by atoms with van der Waals surface area (Å²) in [7, 11) is 0. The molecule has 0 saturated carbocycles. The van der Waals surface area contributed by atoms with Crippen LogP contribution >= 0.6 is 11.3 Å². The van der Waals surface area contributed by atoms with Crippen LogP contribution in [0.15, 0.2) is 186 Å². The fraction of sp³-hybridized carbons (Fsp3) is 0.176. The van der Waals surface area contributed by atoms with Gasteiger partial charge in [-0.05, 0) is 141 Å². The molecule has 3 aliphatic heterocycles. The molecule has 364 valence electrons. The van der Waals surface area contributed by atoms with Gasteiger partial charge < -0.3 is 23.7 Å². The first-order valence-corrected chi connectivity index (χ1v) is 24.9. The van der Waals surface area contributed by atoms with Crippen LogP contribution in [0.4, 0.5) is 51.2 Å². The molecule has 0 saturated heterocycles. The Morgan fingerprint density at radius 3 is 1.80 bits per heavy atom. The third kappa shape index (κ3) is 6.37. The molecule has 7 heteroatoms. The van der Waals surface area contributed by atoms with Crippen LogP contribution in [0.3, 0.4) is 0 Å². The van der Waals surface area contributed by atoms with Crippen LogP contribution in [0.1, 0.15) is 120 Å². The summed E-state index contributed by atoms with van der Waals surface area (Å²) in [5.74, 6) is 0. The lowest BCUT2D eigenvalue weighted by Crippen LogP contribution is -2.61. The molecule has 3 aromatic heterocycles. The van der Waals surface area contributed by atoms with Crippen molar-refractivity contribution in [1.82, 2.24) is 4.57 Å². The molecule has 0 atom stereocenters. The Kier molecular flexibility index (Phi) is 4.83. The van der Waals surface area contributed by atoms with Crippen molar-refractivity contribution in [2.75, 3.05) is 14.7 Å². The zero-order valence-corrected chi connectivity index (χ0v) is 42.5. The van der Waals surface area contributed by atoms with Crippen molar-refractivity contribution in [3.63, 3.8) is 0 Å². The number of hydrogen-bond donors (Lipinski definition) is 0. The molecule has 5 nitrogen and oxygen atoms in total. The molecule has 6 heterocycles. The van der Waals surface area contributed by atoms with Gasteiger partial charge in [0.1, 0.15) is 5.58 Å². The number of furan rings is 1. The van der Waals surface area contributed by atoms with Crippen molar-refractivity contribution < 1.29 is 45.5 Å². The van der Waals surface area contributed by atoms with Crippen LogP contribution in [-0.2, 0) is 16.2 Å². The smallest absolute Gasteiger partial charge is 0.297 e. The number of para-hydroxylation sites is 3. The zero-order chi connectivity index (χ0) is 77.1. The minimum absolute atomic E-state index is 0.0463. The molecule has 0 unspecified atom stereocenters. The Morgan fingerprint density at radius 1 is 0.467 bits per heavy atom. The van der Waals surface area contributed by atoms with E-state index in [-0.39, 0.29) is 81.9 Å². The Labute approximate surface area is 485 Å². The number of hydrogen-bond acceptors (Lipinski definition) is 5. The summed E-state index contributed by atoms with van der Waals surface area (Å²) < 4.78 is 302. The van der Waals surface area contributed by atoms with Gasteiger partial charge in [0, 0.05) is 64.8 Å². The number of aromatic nitrogens is 1. The first-order chi connectivity index (χ1) is 48.7. The van der Waals surface area contributed by atoms with Crippen molar-refractivity contribution in [2.45, 2.75) is 78.6 Å². The van der Waals surface area contributed by atoms with Gasteiger partial charge in [-0.1, -0.05) is 147 Å². The molecule has 0 radical (unpaired) electrons. The van der Waals surface area contributed by atoms with Crippen LogP contribution in [0.25, 0.3) is 58.6 Å². The van der Waals surface area contributed by atoms with E-state index < -0.39 is 265 Å². The minimum Gasteiger partial charge on any atom is -0.468 e. The molecular weight excluding hydrogens is 932 g/mol. The van der Waals surface area contributed by atoms with Crippen molar-refractivity contribution in [2.24, 2.45) is 0 Å². The summed E-state index contributed by atoms with van der Waals surface area (Å²) >= 11 is 0.627. The summed E-state index contributed by atoms with van der Waals surface area (Å²) in [5.41, 5.74) is -13.0. The average molecular weight is 1020 g/mol. The van der Waals surface area contributed by atoms with Crippen LogP contribution < -0.4 is 31.3 Å². The number of benzene rings is 9. The number of anilines is 9. The highest BCUT2D eigenvalue weighted by atomic mass is 32.1. The summed E-state index contributed by atoms with van der Waals surface area (Å²) in [6, 6.07) is -24.7. The molecule has 3 aliphatic rings. The topological polar surface area (TPSA) is 27.8 Å². The van der Waals surface area contributed by atoms with Crippen molar-refractivity contribution >= 4 is 139 Å². The SMILES string of the molecule is [2H]c1c([2H])c([2H])c(N(c2c([2H])c([2H])c([2H])c([2H])c2[2H])c2c([2H])c3c4c(c2[2H])N2c5c(c([2H])c([2H])c([2H])c5-n5c6c([2H])c([2H])c(C(C)(C)C)c([2H])c6c6c([2H])c(C(C)(C)C)c([2H])c2c65)B4c2oc4c([2H])c([2H])c(C(C)(C)C)c([2H])c4c2N3c2c([2H])c([2H])c3c(sc4c([2H])c([2H])c([2H])c([2H])c43)c2[2H])c([2H])c1[2H]. The second-order valence-corrected chi connectivity index (χ2v) is 22.9. The summed E-state index contributed by atoms with van der Waals surface area (Å²) in [6.45, 7) is 13.1. The van der Waals surface area contributed by atoms with E-state index in [4.69, 9.17) is 12.6 Å². The van der Waals surface area contributed by atoms with Gasteiger partial charge in [-0.3, -0.25) is 0 Å². The molecule has 0 aliphatic carbocycles. The maximum Gasteiger partial charge on any atom is 0.297 e. The first kappa shape index (κ1) is 23.7. The van der Waals surface area contributed by atoms with Crippen LogP contribution in [0, 0.1) is 0 Å². The van der Waals surface area contributed by atoms with Gasteiger partial charge >= 0.3 is 0 Å². The molecule has 75 heavy (non-hydrogen) atoms. The van der Waals surface area contributed by atoms with E-state index in [0.29, 0.717) is 16.2 Å². The molecule has 9 aromatic carbocycles. The number of rotatable bonds is 4. The summed E-state index contributed by atoms with van der Waals surface area (Å²) in [6.07, 6.45) is 0. The Bertz CT molecular complexity index is 6090. The van der Waals surface area contributed by atoms with E-state index in [0.717, 1.165) is 4.90 Å². The lowest BCUT2D eigenvalue weighted by atomic mass is 9.35. The van der Waals surface area contributed by atoms with Crippen molar-refractivity contribution in [3.05, 3.63) is 198 Å². The number of nitrogens with zero attached hydrogens (tertiary/aromatic N) is 4. The normalized spacial score (nSPS) is 19.5. The molecule has 12 aromatic rings. The highest BCUT2D eigenvalue weighted by Crippen LogP contribution is 2.56. The quantitative estimate of drug-likeness (QED) is 0.164. The predicted molar refractivity (Wildman–Crippen MR) is 322 cm³/mol. The molecule has 0 spiro atoms. The third-order valence-corrected chi connectivity index (χ3v) is 14.9. The Morgan fingerprint density at radius 2 is 1.09 bits per heavy atom. The standard InChI is InChI=1S/C68H57BN4OS/c1-66(2,3)40-27-31-53-49(33-40)50-35-42(68(7,8)9)36-57-62(50)72(53)54-25-18-24-52-64(54)73(57)56-38-46(70(43-19-12-10-13-20-43)44-21-14-11-15-22-44)37-55-61(56)69(52)65-63(51-34-41(67(4,5)6)28-32-58(51)74-65)71(55)45-29-30-48-47-23-16-17-26-59(47)75-60(48)39-45/h10-39H,1-9H3/i10D,11D,12D,13D,14D,15D,16D,17D,18D,19D,20D,21D,22D,23D,24D,25D,26D,27D,28D,29D,30D,31D,32D,33D,34D,35D,36D,37D,38D,39D. The predicted octanol–water partition coefficient (Wildman–Crippen LogP) is 17.7. The minimum atomic E-state index is -1.99. The Balaban J connectivity index is 1.30. The monoisotopic (exact) mass is 1020 g/mol. The van der Waals surface area contributed by atoms with E-state index in [1.807, 2.05) is 0 Å². The fourth-order valence-corrected chi connectivity index (χ4v) is 11.3. The maximum absolute atomic E-state index is 11.3. The highest BCUT2D eigenvalue weighted by molar-refractivity contribution is 7.25. The van der Waals surface area contributed by atoms with Crippen molar-refractivity contribution in [1.29, 1.82) is 0 Å². The number of thiophene rings is 1. The molecule has 0 bridgehead atoms.